The average Bonchev–Trinajstić information content (AvgIpc) is 2.18. The van der Waals surface area contributed by atoms with Crippen molar-refractivity contribution in [1.29, 1.82) is 0 Å². The Hall–Kier alpha value is -0.323. The summed E-state index contributed by atoms with van der Waals surface area (Å²) in [6.45, 7) is 9.80. The van der Waals surface area contributed by atoms with Crippen LogP contribution < -0.4 is 0 Å². The number of rotatable bonds is 10. The first kappa shape index (κ1) is 13.7. The summed E-state index contributed by atoms with van der Waals surface area (Å²) in [5.41, 5.74) is 0. The summed E-state index contributed by atoms with van der Waals surface area (Å²) in [7, 11) is -1.37. The first-order valence-corrected chi connectivity index (χ1v) is 7.06. The monoisotopic (exact) mass is 218 g/mol. The molecule has 0 aromatic rings. The van der Waals surface area contributed by atoms with Crippen LogP contribution >= 0.6 is 0 Å². The van der Waals surface area contributed by atoms with Crippen LogP contribution in [0, 0.1) is 0 Å². The maximum Gasteiger partial charge on any atom is 0.321 e. The summed E-state index contributed by atoms with van der Waals surface area (Å²) in [4.78, 5) is 0. The Kier molecular flexibility index (Phi) is 10.5. The van der Waals surface area contributed by atoms with E-state index in [0.29, 0.717) is 0 Å². The van der Waals surface area contributed by atoms with Gasteiger partial charge in [-0.1, -0.05) is 6.58 Å². The van der Waals surface area contributed by atoms with Crippen LogP contribution in [-0.4, -0.2) is 29.1 Å². The van der Waals surface area contributed by atoms with Crippen molar-refractivity contribution < 1.29 is 13.6 Å². The molecule has 0 rings (SSSR count). The van der Waals surface area contributed by atoms with Gasteiger partial charge in [0.25, 0.3) is 0 Å². The Morgan fingerprint density at radius 2 is 1.79 bits per heavy atom. The minimum absolute atomic E-state index is 0.753. The zero-order valence-electron chi connectivity index (χ0n) is 9.33. The lowest BCUT2D eigenvalue weighted by Gasteiger charge is -2.14. The van der Waals surface area contributed by atoms with Crippen molar-refractivity contribution in [2.75, 3.05) is 19.8 Å². The first-order chi connectivity index (χ1) is 6.85. The lowest BCUT2D eigenvalue weighted by molar-refractivity contribution is 0.209. The Bertz CT molecular complexity index is 125. The predicted octanol–water partition coefficient (Wildman–Crippen LogP) is 2.22. The van der Waals surface area contributed by atoms with Crippen molar-refractivity contribution >= 4 is 9.28 Å². The summed E-state index contributed by atoms with van der Waals surface area (Å²) >= 11 is 0. The maximum atomic E-state index is 5.54. The van der Waals surface area contributed by atoms with E-state index in [0.717, 1.165) is 38.7 Å². The van der Waals surface area contributed by atoms with Gasteiger partial charge in [0.1, 0.15) is 0 Å². The van der Waals surface area contributed by atoms with E-state index in [1.807, 2.05) is 13.8 Å². The summed E-state index contributed by atoms with van der Waals surface area (Å²) < 4.78 is 16.1. The van der Waals surface area contributed by atoms with Crippen LogP contribution in [-0.2, 0) is 13.6 Å². The molecule has 0 heterocycles. The van der Waals surface area contributed by atoms with Gasteiger partial charge >= 0.3 is 9.28 Å². The van der Waals surface area contributed by atoms with E-state index in [-0.39, 0.29) is 0 Å². The van der Waals surface area contributed by atoms with Crippen molar-refractivity contribution in [2.45, 2.75) is 32.7 Å². The predicted molar refractivity (Wildman–Crippen MR) is 60.6 cm³/mol. The maximum absolute atomic E-state index is 5.54. The van der Waals surface area contributed by atoms with Gasteiger partial charge in [-0.25, -0.2) is 0 Å². The van der Waals surface area contributed by atoms with Gasteiger partial charge in [0.15, 0.2) is 0 Å². The molecule has 0 aromatic carbocycles. The minimum atomic E-state index is -1.37. The molecule has 14 heavy (non-hydrogen) atoms. The van der Waals surface area contributed by atoms with Gasteiger partial charge in [0.05, 0.1) is 12.9 Å². The van der Waals surface area contributed by atoms with E-state index in [1.54, 1.807) is 0 Å². The van der Waals surface area contributed by atoms with Crippen molar-refractivity contribution in [2.24, 2.45) is 0 Å². The quantitative estimate of drug-likeness (QED) is 0.320. The molecule has 0 saturated carbocycles. The molecule has 0 aromatic heterocycles. The van der Waals surface area contributed by atoms with E-state index in [2.05, 4.69) is 6.58 Å². The molecule has 0 bridgehead atoms. The van der Waals surface area contributed by atoms with Crippen molar-refractivity contribution in [3.05, 3.63) is 12.8 Å². The van der Waals surface area contributed by atoms with Crippen molar-refractivity contribution in [3.63, 3.8) is 0 Å². The molecule has 0 atom stereocenters. The third kappa shape index (κ3) is 8.28. The Balaban J connectivity index is 3.34. The SMILES string of the molecule is C=COCCCC[SiH](OCC)OCC. The van der Waals surface area contributed by atoms with E-state index >= 15 is 0 Å². The average molecular weight is 218 g/mol. The third-order valence-corrected chi connectivity index (χ3v) is 4.06. The van der Waals surface area contributed by atoms with E-state index in [4.69, 9.17) is 13.6 Å². The van der Waals surface area contributed by atoms with Gasteiger partial charge in [0.2, 0.25) is 0 Å². The molecule has 4 heteroatoms. The zero-order valence-corrected chi connectivity index (χ0v) is 10.5. The molecule has 0 fully saturated rings. The summed E-state index contributed by atoms with van der Waals surface area (Å²) in [6.07, 6.45) is 3.65. The van der Waals surface area contributed by atoms with Crippen LogP contribution in [0.4, 0.5) is 0 Å². The second-order valence-electron chi connectivity index (χ2n) is 2.87. The number of unbranched alkanes of at least 4 members (excludes halogenated alkanes) is 1. The van der Waals surface area contributed by atoms with E-state index in [9.17, 15) is 0 Å². The van der Waals surface area contributed by atoms with Gasteiger partial charge in [0, 0.05) is 13.2 Å². The fourth-order valence-corrected chi connectivity index (χ4v) is 2.96. The largest absolute Gasteiger partial charge is 0.502 e. The van der Waals surface area contributed by atoms with Crippen LogP contribution in [0.3, 0.4) is 0 Å². The minimum Gasteiger partial charge on any atom is -0.502 e. The lowest BCUT2D eigenvalue weighted by atomic mass is 10.4. The Morgan fingerprint density at radius 3 is 2.29 bits per heavy atom. The molecule has 0 aliphatic rings. The smallest absolute Gasteiger partial charge is 0.321 e. The third-order valence-electron chi connectivity index (χ3n) is 1.77. The fraction of sp³-hybridized carbons (Fsp3) is 0.800. The molecule has 0 radical (unpaired) electrons. The highest BCUT2D eigenvalue weighted by molar-refractivity contribution is 6.44. The summed E-state index contributed by atoms with van der Waals surface area (Å²) in [5.74, 6) is 0. The van der Waals surface area contributed by atoms with Gasteiger partial charge in [-0.15, -0.1) is 0 Å². The van der Waals surface area contributed by atoms with Crippen LogP contribution in [0.5, 0.6) is 0 Å². The van der Waals surface area contributed by atoms with E-state index < -0.39 is 9.28 Å². The molecular weight excluding hydrogens is 196 g/mol. The zero-order chi connectivity index (χ0) is 10.6. The summed E-state index contributed by atoms with van der Waals surface area (Å²) in [5, 5.41) is 0. The highest BCUT2D eigenvalue weighted by atomic mass is 28.3. The number of hydrogen-bond donors (Lipinski definition) is 0. The first-order valence-electron chi connectivity index (χ1n) is 5.30. The summed E-state index contributed by atoms with van der Waals surface area (Å²) in [6, 6.07) is 1.07. The van der Waals surface area contributed by atoms with Crippen LogP contribution in [0.2, 0.25) is 6.04 Å². The lowest BCUT2D eigenvalue weighted by Crippen LogP contribution is -2.22. The highest BCUT2D eigenvalue weighted by Crippen LogP contribution is 2.04. The van der Waals surface area contributed by atoms with Gasteiger partial charge < -0.3 is 13.6 Å². The van der Waals surface area contributed by atoms with Crippen molar-refractivity contribution in [3.8, 4) is 0 Å². The molecule has 84 valence electrons. The normalized spacial score (nSPS) is 10.5. The van der Waals surface area contributed by atoms with Crippen molar-refractivity contribution in [1.82, 2.24) is 0 Å². The Labute approximate surface area is 88.9 Å². The second kappa shape index (κ2) is 10.8. The topological polar surface area (TPSA) is 27.7 Å². The molecule has 0 unspecified atom stereocenters. The highest BCUT2D eigenvalue weighted by Gasteiger charge is 2.10. The molecule has 3 nitrogen and oxygen atoms in total. The van der Waals surface area contributed by atoms with Crippen LogP contribution in [0.25, 0.3) is 0 Å². The molecule has 0 aliphatic heterocycles. The molecule has 0 aliphatic carbocycles. The molecule has 0 amide bonds. The molecule has 0 saturated heterocycles. The van der Waals surface area contributed by atoms with Crippen LogP contribution in [0.1, 0.15) is 26.7 Å². The number of ether oxygens (including phenoxy) is 1. The fourth-order valence-electron chi connectivity index (χ4n) is 1.17. The Morgan fingerprint density at radius 1 is 1.14 bits per heavy atom. The van der Waals surface area contributed by atoms with Gasteiger partial charge in [-0.2, -0.15) is 0 Å². The molecule has 0 N–H and O–H groups in total. The standard InChI is InChI=1S/C10H22O3Si/c1-4-11-9-7-8-10-14(12-5-2)13-6-3/h4,14H,1,5-10H2,2-3H3. The number of hydrogen-bond acceptors (Lipinski definition) is 3. The molecular formula is C10H22O3Si. The van der Waals surface area contributed by atoms with Gasteiger partial charge in [-0.3, -0.25) is 0 Å². The van der Waals surface area contributed by atoms with Crippen LogP contribution in [0.15, 0.2) is 12.8 Å². The van der Waals surface area contributed by atoms with Gasteiger partial charge in [-0.05, 0) is 32.7 Å². The molecule has 0 spiro atoms. The second-order valence-corrected chi connectivity index (χ2v) is 4.98. The van der Waals surface area contributed by atoms with E-state index in [1.165, 1.54) is 6.26 Å².